The number of carbonyl (C=O) groups is 3. The van der Waals surface area contributed by atoms with Crippen molar-refractivity contribution < 1.29 is 14.4 Å². The molecule has 0 aliphatic carbocycles. The summed E-state index contributed by atoms with van der Waals surface area (Å²) in [5.41, 5.74) is 3.61. The highest BCUT2D eigenvalue weighted by Crippen LogP contribution is 2.17. The Kier molecular flexibility index (Phi) is 7.01. The van der Waals surface area contributed by atoms with Gasteiger partial charge >= 0.3 is 0 Å². The van der Waals surface area contributed by atoms with Gasteiger partial charge in [0, 0.05) is 44.6 Å². The van der Waals surface area contributed by atoms with Crippen molar-refractivity contribution in [3.05, 3.63) is 82.9 Å². The Morgan fingerprint density at radius 1 is 1.09 bits per heavy atom. The molecule has 1 atom stereocenters. The van der Waals surface area contributed by atoms with Crippen molar-refractivity contribution in [1.82, 2.24) is 30.3 Å². The number of amides is 3. The van der Waals surface area contributed by atoms with E-state index in [9.17, 15) is 14.4 Å². The van der Waals surface area contributed by atoms with Crippen molar-refractivity contribution in [3.63, 3.8) is 0 Å². The van der Waals surface area contributed by atoms with E-state index in [1.54, 1.807) is 41.0 Å². The monoisotopic (exact) mass is 460 g/mol. The van der Waals surface area contributed by atoms with Crippen LogP contribution in [0, 0.1) is 6.92 Å². The van der Waals surface area contributed by atoms with E-state index in [0.29, 0.717) is 31.9 Å². The van der Waals surface area contributed by atoms with Gasteiger partial charge in [-0.1, -0.05) is 29.8 Å². The van der Waals surface area contributed by atoms with Gasteiger partial charge in [0.2, 0.25) is 5.91 Å². The van der Waals surface area contributed by atoms with Crippen molar-refractivity contribution in [2.45, 2.75) is 45.9 Å². The van der Waals surface area contributed by atoms with Crippen LogP contribution in [0.1, 0.15) is 51.0 Å². The van der Waals surface area contributed by atoms with Gasteiger partial charge < -0.3 is 15.5 Å². The van der Waals surface area contributed by atoms with E-state index in [4.69, 9.17) is 0 Å². The first-order valence-electron chi connectivity index (χ1n) is 11.3. The van der Waals surface area contributed by atoms with E-state index in [0.717, 1.165) is 23.1 Å². The molecule has 3 amide bonds. The van der Waals surface area contributed by atoms with Crippen LogP contribution in [0.5, 0.6) is 0 Å². The van der Waals surface area contributed by atoms with Crippen LogP contribution in [0.2, 0.25) is 0 Å². The van der Waals surface area contributed by atoms with Crippen molar-refractivity contribution in [1.29, 1.82) is 0 Å². The standard InChI is InChI=1S/C25H28N6O3/c1-17-5-3-6-20(13-17)16-30-11-4-12-31-22(25(30)34)14-21(29-31)24(33)28-18(2)23(32)27-15-19-7-9-26-10-8-19/h3,5-10,13-14,18H,4,11-12,15-16H2,1-2H3,(H,27,32)(H,28,33)/t18-/m1/s1. The Labute approximate surface area is 198 Å². The summed E-state index contributed by atoms with van der Waals surface area (Å²) in [6, 6.07) is 12.4. The molecule has 3 heterocycles. The maximum atomic E-state index is 13.2. The van der Waals surface area contributed by atoms with E-state index >= 15 is 0 Å². The third-order valence-corrected chi connectivity index (χ3v) is 5.73. The van der Waals surface area contributed by atoms with Crippen LogP contribution >= 0.6 is 0 Å². The zero-order chi connectivity index (χ0) is 24.1. The molecule has 0 spiro atoms. The molecular formula is C25H28N6O3. The second-order valence-corrected chi connectivity index (χ2v) is 8.48. The second-order valence-electron chi connectivity index (χ2n) is 8.48. The topological polar surface area (TPSA) is 109 Å². The molecule has 1 aliphatic heterocycles. The lowest BCUT2D eigenvalue weighted by Crippen LogP contribution is -2.44. The largest absolute Gasteiger partial charge is 0.350 e. The van der Waals surface area contributed by atoms with Gasteiger partial charge in [0.15, 0.2) is 5.69 Å². The SMILES string of the molecule is Cc1cccc(CN2CCCn3nc(C(=O)N[C@H](C)C(=O)NCc4ccncc4)cc3C2=O)c1. The third kappa shape index (κ3) is 5.48. The van der Waals surface area contributed by atoms with Crippen LogP contribution in [0.15, 0.2) is 54.9 Å². The minimum absolute atomic E-state index is 0.120. The fourth-order valence-electron chi connectivity index (χ4n) is 3.91. The first kappa shape index (κ1) is 23.2. The van der Waals surface area contributed by atoms with Crippen molar-refractivity contribution in [3.8, 4) is 0 Å². The molecule has 1 aliphatic rings. The molecule has 9 nitrogen and oxygen atoms in total. The predicted octanol–water partition coefficient (Wildman–Crippen LogP) is 2.07. The highest BCUT2D eigenvalue weighted by Gasteiger charge is 2.27. The first-order valence-corrected chi connectivity index (χ1v) is 11.3. The average Bonchev–Trinajstić information content (AvgIpc) is 3.20. The number of nitrogens with one attached hydrogen (secondary N) is 2. The normalized spacial score (nSPS) is 14.2. The van der Waals surface area contributed by atoms with Crippen LogP contribution in [-0.4, -0.2) is 50.0 Å². The van der Waals surface area contributed by atoms with Crippen LogP contribution in [0.4, 0.5) is 0 Å². The lowest BCUT2D eigenvalue weighted by molar-refractivity contribution is -0.122. The number of rotatable bonds is 7. The molecule has 176 valence electrons. The van der Waals surface area contributed by atoms with Gasteiger partial charge in [-0.05, 0) is 43.5 Å². The molecule has 4 rings (SSSR count). The maximum absolute atomic E-state index is 13.2. The summed E-state index contributed by atoms with van der Waals surface area (Å²) in [4.78, 5) is 44.0. The van der Waals surface area contributed by atoms with Gasteiger partial charge in [0.05, 0.1) is 0 Å². The quantitative estimate of drug-likeness (QED) is 0.561. The number of carbonyl (C=O) groups excluding carboxylic acids is 3. The minimum Gasteiger partial charge on any atom is -0.350 e. The van der Waals surface area contributed by atoms with Crippen LogP contribution in [-0.2, 0) is 24.4 Å². The Morgan fingerprint density at radius 3 is 2.65 bits per heavy atom. The lowest BCUT2D eigenvalue weighted by Gasteiger charge is -2.20. The summed E-state index contributed by atoms with van der Waals surface area (Å²) in [7, 11) is 0. The molecule has 0 radical (unpaired) electrons. The Hall–Kier alpha value is -4.01. The highest BCUT2D eigenvalue weighted by atomic mass is 16.2. The number of aryl methyl sites for hydroxylation is 2. The fourth-order valence-corrected chi connectivity index (χ4v) is 3.91. The van der Waals surface area contributed by atoms with Crippen molar-refractivity contribution >= 4 is 17.7 Å². The molecule has 0 unspecified atom stereocenters. The van der Waals surface area contributed by atoms with Crippen LogP contribution in [0.25, 0.3) is 0 Å². The molecular weight excluding hydrogens is 432 g/mol. The van der Waals surface area contributed by atoms with Gasteiger partial charge in [-0.25, -0.2) is 0 Å². The molecule has 0 saturated carbocycles. The zero-order valence-electron chi connectivity index (χ0n) is 19.3. The molecule has 9 heteroatoms. The predicted molar refractivity (Wildman–Crippen MR) is 126 cm³/mol. The lowest BCUT2D eigenvalue weighted by atomic mass is 10.1. The Morgan fingerprint density at radius 2 is 1.88 bits per heavy atom. The van der Waals surface area contributed by atoms with E-state index < -0.39 is 11.9 Å². The molecule has 0 saturated heterocycles. The summed E-state index contributed by atoms with van der Waals surface area (Å²) in [6.45, 7) is 5.63. The zero-order valence-corrected chi connectivity index (χ0v) is 19.3. The van der Waals surface area contributed by atoms with Crippen LogP contribution in [0.3, 0.4) is 0 Å². The van der Waals surface area contributed by atoms with E-state index in [2.05, 4.69) is 26.8 Å². The summed E-state index contributed by atoms with van der Waals surface area (Å²) < 4.78 is 1.58. The maximum Gasteiger partial charge on any atom is 0.272 e. The summed E-state index contributed by atoms with van der Waals surface area (Å²) in [6.07, 6.45) is 4.04. The number of hydrogen-bond donors (Lipinski definition) is 2. The van der Waals surface area contributed by atoms with E-state index in [-0.39, 0.29) is 17.5 Å². The number of hydrogen-bond acceptors (Lipinski definition) is 5. The van der Waals surface area contributed by atoms with Gasteiger partial charge in [0.25, 0.3) is 11.8 Å². The summed E-state index contributed by atoms with van der Waals surface area (Å²) in [5.74, 6) is -0.967. The number of pyridine rings is 1. The number of fused-ring (bicyclic) bond motifs is 1. The molecule has 2 aromatic heterocycles. The van der Waals surface area contributed by atoms with Crippen LogP contribution < -0.4 is 10.6 Å². The van der Waals surface area contributed by atoms with E-state index in [1.807, 2.05) is 25.1 Å². The number of benzene rings is 1. The summed E-state index contributed by atoms with van der Waals surface area (Å²) in [5, 5.41) is 9.79. The first-order chi connectivity index (χ1) is 16.4. The molecule has 3 aromatic rings. The van der Waals surface area contributed by atoms with Gasteiger partial charge in [0.1, 0.15) is 11.7 Å². The van der Waals surface area contributed by atoms with E-state index in [1.165, 1.54) is 6.07 Å². The van der Waals surface area contributed by atoms with Crippen molar-refractivity contribution in [2.24, 2.45) is 0 Å². The number of aromatic nitrogens is 3. The molecule has 2 N–H and O–H groups in total. The van der Waals surface area contributed by atoms with Gasteiger partial charge in [-0.2, -0.15) is 5.10 Å². The molecule has 0 fully saturated rings. The molecule has 1 aromatic carbocycles. The number of nitrogens with zero attached hydrogens (tertiary/aromatic N) is 4. The molecule has 34 heavy (non-hydrogen) atoms. The fraction of sp³-hybridized carbons (Fsp3) is 0.320. The highest BCUT2D eigenvalue weighted by molar-refractivity contribution is 5.99. The Balaban J connectivity index is 1.39. The second kappa shape index (κ2) is 10.3. The van der Waals surface area contributed by atoms with Gasteiger partial charge in [-0.15, -0.1) is 0 Å². The van der Waals surface area contributed by atoms with Crippen molar-refractivity contribution in [2.75, 3.05) is 6.54 Å². The third-order valence-electron chi connectivity index (χ3n) is 5.73. The Bertz CT molecular complexity index is 1190. The smallest absolute Gasteiger partial charge is 0.272 e. The van der Waals surface area contributed by atoms with Gasteiger partial charge in [-0.3, -0.25) is 24.0 Å². The minimum atomic E-state index is -0.760. The average molecular weight is 461 g/mol. The summed E-state index contributed by atoms with van der Waals surface area (Å²) >= 11 is 0. The molecule has 0 bridgehead atoms.